The average molecular weight is 345 g/mol. The summed E-state index contributed by atoms with van der Waals surface area (Å²) in [6.07, 6.45) is 5.43. The van der Waals surface area contributed by atoms with Crippen LogP contribution >= 0.6 is 0 Å². The second-order valence-electron chi connectivity index (χ2n) is 7.16. The zero-order valence-corrected chi connectivity index (χ0v) is 14.6. The van der Waals surface area contributed by atoms with Crippen LogP contribution in [0.15, 0.2) is 24.3 Å². The van der Waals surface area contributed by atoms with E-state index < -0.39 is 7.12 Å². The fraction of sp³-hybridized carbons (Fsp3) is 0.611. The van der Waals surface area contributed by atoms with Crippen molar-refractivity contribution >= 4 is 13.0 Å². The minimum atomic E-state index is -0.991. The van der Waals surface area contributed by atoms with Crippen LogP contribution in [0.25, 0.3) is 0 Å². The number of rotatable bonds is 6. The molecule has 5 N–H and O–H groups in total. The van der Waals surface area contributed by atoms with Gasteiger partial charge in [0.25, 0.3) is 0 Å². The molecule has 0 bridgehead atoms. The molecule has 1 amide bonds. The second-order valence-corrected chi connectivity index (χ2v) is 7.16. The summed E-state index contributed by atoms with van der Waals surface area (Å²) in [5.74, 6) is 0.740. The zero-order chi connectivity index (χ0) is 17.6. The summed E-state index contributed by atoms with van der Waals surface area (Å²) in [6.45, 7) is 1.52. The van der Waals surface area contributed by atoms with E-state index in [1.165, 1.54) is 0 Å². The van der Waals surface area contributed by atoms with Crippen LogP contribution in [0.2, 0.25) is 0 Å². The van der Waals surface area contributed by atoms with Crippen molar-refractivity contribution in [3.8, 4) is 5.75 Å². The molecule has 1 aliphatic heterocycles. The van der Waals surface area contributed by atoms with Crippen LogP contribution in [-0.2, 0) is 11.2 Å². The molecule has 1 saturated carbocycles. The lowest BCUT2D eigenvalue weighted by atomic mass is 9.72. The number of benzene rings is 1. The summed E-state index contributed by atoms with van der Waals surface area (Å²) in [7, 11) is -0.991. The van der Waals surface area contributed by atoms with Gasteiger partial charge in [0.05, 0.1) is 5.94 Å². The number of nitrogens with one attached hydrogen (secondary N) is 2. The molecule has 136 valence electrons. The Morgan fingerprint density at radius 3 is 2.80 bits per heavy atom. The molecular weight excluding hydrogens is 317 g/mol. The molecule has 0 unspecified atom stereocenters. The largest absolute Gasteiger partial charge is 0.547 e. The standard InChI is InChI=1S/C18H28BN3O3/c20-9-10-21-15-7-5-13(6-8-15)11-18(23)22-17-12-14-3-1-2-4-16(14)25-19(17)24/h1-4,13,15,17,21,24H,5-12,20H2,(H,22,23)/t13-,15-,17-/m0/s1. The molecule has 3 rings (SSSR count). The summed E-state index contributed by atoms with van der Waals surface area (Å²) in [6, 6.07) is 8.16. The van der Waals surface area contributed by atoms with Crippen molar-refractivity contribution in [3.63, 3.8) is 0 Å². The highest BCUT2D eigenvalue weighted by Crippen LogP contribution is 2.28. The van der Waals surface area contributed by atoms with Crippen LogP contribution < -0.4 is 21.0 Å². The highest BCUT2D eigenvalue weighted by atomic mass is 16.5. The third-order valence-corrected chi connectivity index (χ3v) is 5.25. The van der Waals surface area contributed by atoms with Gasteiger partial charge in [-0.25, -0.2) is 0 Å². The first kappa shape index (κ1) is 18.2. The maximum absolute atomic E-state index is 12.4. The van der Waals surface area contributed by atoms with Gasteiger partial charge in [-0.2, -0.15) is 0 Å². The van der Waals surface area contributed by atoms with E-state index in [-0.39, 0.29) is 11.8 Å². The van der Waals surface area contributed by atoms with Crippen LogP contribution in [0.3, 0.4) is 0 Å². The Kier molecular flexibility index (Phi) is 6.34. The lowest BCUT2D eigenvalue weighted by Crippen LogP contribution is -2.53. The number of hydrogen-bond acceptors (Lipinski definition) is 5. The van der Waals surface area contributed by atoms with Crippen molar-refractivity contribution in [2.45, 2.75) is 50.5 Å². The molecule has 2 aliphatic rings. The first-order chi connectivity index (χ1) is 12.2. The number of hydrogen-bond donors (Lipinski definition) is 4. The minimum Gasteiger partial charge on any atom is -0.535 e. The molecule has 1 aromatic carbocycles. The van der Waals surface area contributed by atoms with E-state index in [1.54, 1.807) is 0 Å². The predicted octanol–water partition coefficient (Wildman–Crippen LogP) is 0.623. The fourth-order valence-corrected chi connectivity index (χ4v) is 3.85. The topological polar surface area (TPSA) is 96.6 Å². The Bertz CT molecular complexity index is 578. The lowest BCUT2D eigenvalue weighted by Gasteiger charge is -2.30. The molecule has 1 aliphatic carbocycles. The Morgan fingerprint density at radius 1 is 1.28 bits per heavy atom. The van der Waals surface area contributed by atoms with Gasteiger partial charge in [0.15, 0.2) is 0 Å². The van der Waals surface area contributed by atoms with Crippen molar-refractivity contribution in [2.24, 2.45) is 11.7 Å². The number of amides is 1. The highest BCUT2D eigenvalue weighted by Gasteiger charge is 2.36. The van der Waals surface area contributed by atoms with Gasteiger partial charge in [0, 0.05) is 25.6 Å². The summed E-state index contributed by atoms with van der Waals surface area (Å²) < 4.78 is 5.51. The Balaban J connectivity index is 1.44. The third-order valence-electron chi connectivity index (χ3n) is 5.25. The van der Waals surface area contributed by atoms with Gasteiger partial charge in [-0.05, 0) is 49.7 Å². The molecule has 1 heterocycles. The molecular formula is C18H28BN3O3. The second kappa shape index (κ2) is 8.69. The van der Waals surface area contributed by atoms with Gasteiger partial charge < -0.3 is 26.0 Å². The van der Waals surface area contributed by atoms with E-state index >= 15 is 0 Å². The number of fused-ring (bicyclic) bond motifs is 1. The molecule has 0 saturated heterocycles. The maximum atomic E-state index is 12.4. The molecule has 7 heteroatoms. The van der Waals surface area contributed by atoms with Gasteiger partial charge in [-0.1, -0.05) is 18.2 Å². The van der Waals surface area contributed by atoms with Crippen LogP contribution in [0, 0.1) is 5.92 Å². The number of nitrogens with two attached hydrogens (primary N) is 1. The first-order valence-corrected chi connectivity index (χ1v) is 9.31. The van der Waals surface area contributed by atoms with Crippen LogP contribution in [0.1, 0.15) is 37.7 Å². The molecule has 0 radical (unpaired) electrons. The van der Waals surface area contributed by atoms with Gasteiger partial charge in [0.2, 0.25) is 5.91 Å². The SMILES string of the molecule is NCCN[C@H]1CC[C@H](CC(=O)N[C@H]2Cc3ccccc3OB2O)CC1. The summed E-state index contributed by atoms with van der Waals surface area (Å²) in [5, 5.41) is 16.5. The summed E-state index contributed by atoms with van der Waals surface area (Å²) >= 11 is 0. The molecule has 1 atom stereocenters. The van der Waals surface area contributed by atoms with E-state index in [0.717, 1.165) is 37.8 Å². The quantitative estimate of drug-likeness (QED) is 0.567. The third kappa shape index (κ3) is 4.97. The molecule has 6 nitrogen and oxygen atoms in total. The monoisotopic (exact) mass is 345 g/mol. The Hall–Kier alpha value is -1.57. The average Bonchev–Trinajstić information content (AvgIpc) is 2.62. The van der Waals surface area contributed by atoms with Gasteiger partial charge >= 0.3 is 7.12 Å². The summed E-state index contributed by atoms with van der Waals surface area (Å²) in [5.41, 5.74) is 6.54. The van der Waals surface area contributed by atoms with Crippen molar-refractivity contribution in [1.29, 1.82) is 0 Å². The first-order valence-electron chi connectivity index (χ1n) is 9.31. The smallest absolute Gasteiger partial charge is 0.535 e. The molecule has 0 spiro atoms. The van der Waals surface area contributed by atoms with E-state index in [2.05, 4.69) is 10.6 Å². The maximum Gasteiger partial charge on any atom is 0.547 e. The van der Waals surface area contributed by atoms with E-state index in [9.17, 15) is 9.82 Å². The predicted molar refractivity (Wildman–Crippen MR) is 98.1 cm³/mol. The normalized spacial score (nSPS) is 25.8. The molecule has 1 fully saturated rings. The number of carbonyl (C=O) groups excluding carboxylic acids is 1. The molecule has 25 heavy (non-hydrogen) atoms. The lowest BCUT2D eigenvalue weighted by molar-refractivity contribution is -0.122. The minimum absolute atomic E-state index is 0.00500. The van der Waals surface area contributed by atoms with Crippen molar-refractivity contribution < 1.29 is 14.5 Å². The van der Waals surface area contributed by atoms with E-state index in [4.69, 9.17) is 10.4 Å². The van der Waals surface area contributed by atoms with Crippen molar-refractivity contribution in [3.05, 3.63) is 29.8 Å². The highest BCUT2D eigenvalue weighted by molar-refractivity contribution is 6.46. The van der Waals surface area contributed by atoms with Crippen molar-refractivity contribution in [1.82, 2.24) is 10.6 Å². The Labute approximate surface area is 149 Å². The van der Waals surface area contributed by atoms with E-state index in [0.29, 0.717) is 37.1 Å². The molecule has 1 aromatic rings. The number of carbonyl (C=O) groups is 1. The van der Waals surface area contributed by atoms with Gasteiger partial charge in [-0.3, -0.25) is 4.79 Å². The Morgan fingerprint density at radius 2 is 2.04 bits per heavy atom. The van der Waals surface area contributed by atoms with Crippen LogP contribution in [-0.4, -0.2) is 43.1 Å². The zero-order valence-electron chi connectivity index (χ0n) is 14.6. The van der Waals surface area contributed by atoms with Gasteiger partial charge in [-0.15, -0.1) is 0 Å². The van der Waals surface area contributed by atoms with Gasteiger partial charge in [0.1, 0.15) is 5.75 Å². The fourth-order valence-electron chi connectivity index (χ4n) is 3.85. The van der Waals surface area contributed by atoms with Crippen molar-refractivity contribution in [2.75, 3.05) is 13.1 Å². The van der Waals surface area contributed by atoms with Crippen LogP contribution in [0.5, 0.6) is 5.75 Å². The number of para-hydroxylation sites is 1. The van der Waals surface area contributed by atoms with E-state index in [1.807, 2.05) is 24.3 Å². The van der Waals surface area contributed by atoms with Crippen LogP contribution in [0.4, 0.5) is 0 Å². The molecule has 0 aromatic heterocycles. The summed E-state index contributed by atoms with van der Waals surface area (Å²) in [4.78, 5) is 12.4.